The van der Waals surface area contributed by atoms with Crippen LogP contribution in [0.3, 0.4) is 0 Å². The molecule has 1 aliphatic rings. The van der Waals surface area contributed by atoms with E-state index in [9.17, 15) is 8.42 Å². The maximum Gasteiger partial charge on any atom is 0.213 e. The van der Waals surface area contributed by atoms with Crippen LogP contribution in [0, 0.1) is 0 Å². The highest BCUT2D eigenvalue weighted by Gasteiger charge is 2.16. The smallest absolute Gasteiger partial charge is 0.213 e. The van der Waals surface area contributed by atoms with E-state index in [1.54, 1.807) is 20.0 Å². The molecular formula is C16H22Cl2N2O3S. The van der Waals surface area contributed by atoms with Gasteiger partial charge in [0.2, 0.25) is 10.0 Å². The minimum atomic E-state index is -3.10. The van der Waals surface area contributed by atoms with Gasteiger partial charge >= 0.3 is 0 Å². The molecule has 1 aromatic rings. The molecule has 8 heteroatoms. The van der Waals surface area contributed by atoms with Crippen molar-refractivity contribution in [2.24, 2.45) is 0 Å². The Bertz CT molecular complexity index is 720. The number of nitrogens with zero attached hydrogens (tertiary/aromatic N) is 1. The summed E-state index contributed by atoms with van der Waals surface area (Å²) in [5.41, 5.74) is 1.97. The zero-order chi connectivity index (χ0) is 17.7. The lowest BCUT2D eigenvalue weighted by atomic mass is 10.1. The average molecular weight is 393 g/mol. The summed E-state index contributed by atoms with van der Waals surface area (Å²) in [5, 5.41) is 4.40. The summed E-state index contributed by atoms with van der Waals surface area (Å²) in [4.78, 5) is 0. The maximum atomic E-state index is 11.6. The molecule has 0 saturated heterocycles. The second-order valence-electron chi connectivity index (χ2n) is 5.65. The Hall–Kier alpha value is -0.790. The maximum absolute atomic E-state index is 11.6. The Kier molecular flexibility index (Phi) is 6.95. The summed E-state index contributed by atoms with van der Waals surface area (Å²) in [7, 11) is -1.49. The first kappa shape index (κ1) is 19.5. The number of benzene rings is 1. The van der Waals surface area contributed by atoms with Gasteiger partial charge in [0.15, 0.2) is 0 Å². The van der Waals surface area contributed by atoms with Gasteiger partial charge in [-0.1, -0.05) is 23.2 Å². The van der Waals surface area contributed by atoms with Crippen molar-refractivity contribution < 1.29 is 13.2 Å². The van der Waals surface area contributed by atoms with Crippen LogP contribution in [0.2, 0.25) is 10.0 Å². The topological polar surface area (TPSA) is 58.6 Å². The normalized spacial score (nSPS) is 14.3. The van der Waals surface area contributed by atoms with Gasteiger partial charge in [0.05, 0.1) is 10.8 Å². The third kappa shape index (κ3) is 5.10. The quantitative estimate of drug-likeness (QED) is 0.690. The number of ether oxygens (including phenoxy) is 1. The summed E-state index contributed by atoms with van der Waals surface area (Å²) in [5.74, 6) is 0.794. The summed E-state index contributed by atoms with van der Waals surface area (Å²) < 4.78 is 30.4. The van der Waals surface area contributed by atoms with Crippen LogP contribution in [0.1, 0.15) is 18.9 Å². The Morgan fingerprint density at radius 2 is 2.08 bits per heavy atom. The highest BCUT2D eigenvalue weighted by molar-refractivity contribution is 7.89. The van der Waals surface area contributed by atoms with Crippen molar-refractivity contribution in [1.29, 1.82) is 0 Å². The molecule has 1 aromatic carbocycles. The van der Waals surface area contributed by atoms with Crippen LogP contribution in [0.25, 0.3) is 6.08 Å². The molecule has 2 rings (SSSR count). The molecule has 1 heterocycles. The van der Waals surface area contributed by atoms with Crippen molar-refractivity contribution in [2.75, 3.05) is 39.0 Å². The number of hydrogen-bond donors (Lipinski definition) is 1. The number of sulfonamides is 1. The van der Waals surface area contributed by atoms with E-state index in [1.807, 2.05) is 12.1 Å². The second-order valence-corrected chi connectivity index (χ2v) is 8.86. The SMILES string of the molecule is CCS(=O)(=O)N(C)CCCNCC1=Cc2cc(Cl)cc(Cl)c2OC1. The van der Waals surface area contributed by atoms with Gasteiger partial charge in [-0.15, -0.1) is 0 Å². The van der Waals surface area contributed by atoms with Crippen LogP contribution >= 0.6 is 23.2 Å². The van der Waals surface area contributed by atoms with Crippen LogP contribution in [-0.2, 0) is 10.0 Å². The molecule has 1 N–H and O–H groups in total. The van der Waals surface area contributed by atoms with E-state index in [0.717, 1.165) is 24.1 Å². The molecule has 0 radical (unpaired) electrons. The minimum Gasteiger partial charge on any atom is -0.487 e. The van der Waals surface area contributed by atoms with Crippen molar-refractivity contribution in [3.05, 3.63) is 33.3 Å². The van der Waals surface area contributed by atoms with Crippen molar-refractivity contribution in [2.45, 2.75) is 13.3 Å². The fraction of sp³-hybridized carbons (Fsp3) is 0.500. The molecule has 5 nitrogen and oxygen atoms in total. The molecular weight excluding hydrogens is 371 g/mol. The Morgan fingerprint density at radius 3 is 2.79 bits per heavy atom. The molecule has 0 saturated carbocycles. The fourth-order valence-corrected chi connectivity index (χ4v) is 3.82. The molecule has 0 amide bonds. The molecule has 1 aliphatic heterocycles. The molecule has 0 unspecified atom stereocenters. The number of halogens is 2. The predicted octanol–water partition coefficient (Wildman–Crippen LogP) is 3.03. The first-order valence-corrected chi connectivity index (χ1v) is 10.2. The van der Waals surface area contributed by atoms with E-state index >= 15 is 0 Å². The summed E-state index contributed by atoms with van der Waals surface area (Å²) in [6.45, 7) is 4.03. The molecule has 0 spiro atoms. The van der Waals surface area contributed by atoms with Gasteiger partial charge in [-0.05, 0) is 43.7 Å². The summed E-state index contributed by atoms with van der Waals surface area (Å²) >= 11 is 12.1. The zero-order valence-corrected chi connectivity index (χ0v) is 16.1. The summed E-state index contributed by atoms with van der Waals surface area (Å²) in [6, 6.07) is 3.49. The third-order valence-corrected chi connectivity index (χ3v) is 6.18. The van der Waals surface area contributed by atoms with Crippen LogP contribution in [0.5, 0.6) is 5.75 Å². The van der Waals surface area contributed by atoms with E-state index in [1.165, 1.54) is 4.31 Å². The van der Waals surface area contributed by atoms with E-state index in [-0.39, 0.29) is 5.75 Å². The highest BCUT2D eigenvalue weighted by Crippen LogP contribution is 2.36. The predicted molar refractivity (Wildman–Crippen MR) is 99.5 cm³/mol. The van der Waals surface area contributed by atoms with Gasteiger partial charge in [-0.3, -0.25) is 0 Å². The van der Waals surface area contributed by atoms with Crippen LogP contribution in [-0.4, -0.2) is 51.8 Å². The summed E-state index contributed by atoms with van der Waals surface area (Å²) in [6.07, 6.45) is 2.77. The minimum absolute atomic E-state index is 0.131. The largest absolute Gasteiger partial charge is 0.487 e. The van der Waals surface area contributed by atoms with Gasteiger partial charge < -0.3 is 10.1 Å². The monoisotopic (exact) mass is 392 g/mol. The molecule has 0 atom stereocenters. The van der Waals surface area contributed by atoms with E-state index < -0.39 is 10.0 Å². The Morgan fingerprint density at radius 1 is 1.33 bits per heavy atom. The van der Waals surface area contributed by atoms with Crippen LogP contribution in [0.15, 0.2) is 17.7 Å². The number of nitrogens with one attached hydrogen (secondary N) is 1. The molecule has 0 aliphatic carbocycles. The van der Waals surface area contributed by atoms with Crippen molar-refractivity contribution in [3.8, 4) is 5.75 Å². The van der Waals surface area contributed by atoms with Crippen molar-refractivity contribution >= 4 is 39.3 Å². The van der Waals surface area contributed by atoms with E-state index in [0.29, 0.717) is 35.5 Å². The Labute approximate surface area is 153 Å². The van der Waals surface area contributed by atoms with Crippen molar-refractivity contribution in [3.63, 3.8) is 0 Å². The molecule has 0 fully saturated rings. The fourth-order valence-electron chi connectivity index (χ4n) is 2.40. The standard InChI is InChI=1S/C16H22Cl2N2O3S/c1-3-24(21,22)20(2)6-4-5-19-10-12-7-13-8-14(17)9-15(18)16(13)23-11-12/h7-9,19H,3-6,10-11H2,1-2H3. The third-order valence-electron chi connectivity index (χ3n) is 3.82. The second kappa shape index (κ2) is 8.54. The average Bonchev–Trinajstić information content (AvgIpc) is 2.53. The van der Waals surface area contributed by atoms with Gasteiger partial charge in [-0.25, -0.2) is 12.7 Å². The first-order chi connectivity index (χ1) is 11.3. The van der Waals surface area contributed by atoms with Gasteiger partial charge in [-0.2, -0.15) is 0 Å². The Balaban J connectivity index is 1.80. The lowest BCUT2D eigenvalue weighted by Gasteiger charge is -2.20. The zero-order valence-electron chi connectivity index (χ0n) is 13.8. The van der Waals surface area contributed by atoms with Crippen molar-refractivity contribution in [1.82, 2.24) is 9.62 Å². The lowest BCUT2D eigenvalue weighted by molar-refractivity contribution is 0.343. The number of fused-ring (bicyclic) bond motifs is 1. The molecule has 24 heavy (non-hydrogen) atoms. The van der Waals surface area contributed by atoms with Gasteiger partial charge in [0, 0.05) is 30.7 Å². The van der Waals surface area contributed by atoms with Gasteiger partial charge in [0.25, 0.3) is 0 Å². The molecule has 134 valence electrons. The number of rotatable bonds is 8. The first-order valence-electron chi connectivity index (χ1n) is 7.79. The van der Waals surface area contributed by atoms with Gasteiger partial charge in [0.1, 0.15) is 12.4 Å². The lowest BCUT2D eigenvalue weighted by Crippen LogP contribution is -2.31. The highest BCUT2D eigenvalue weighted by atomic mass is 35.5. The molecule has 0 aromatic heterocycles. The number of hydrogen-bond acceptors (Lipinski definition) is 4. The van der Waals surface area contributed by atoms with E-state index in [2.05, 4.69) is 5.32 Å². The molecule has 0 bridgehead atoms. The van der Waals surface area contributed by atoms with Crippen LogP contribution < -0.4 is 10.1 Å². The van der Waals surface area contributed by atoms with E-state index in [4.69, 9.17) is 27.9 Å². The van der Waals surface area contributed by atoms with Crippen LogP contribution in [0.4, 0.5) is 0 Å².